The Morgan fingerprint density at radius 1 is 1.69 bits per heavy atom. The maximum Gasteiger partial charge on any atom is 0.225 e. The highest BCUT2D eigenvalue weighted by atomic mass is 79.9. The van der Waals surface area contributed by atoms with E-state index in [0.717, 1.165) is 0 Å². The first-order chi connectivity index (χ1) is 6.11. The molecule has 0 aliphatic rings. The van der Waals surface area contributed by atoms with Gasteiger partial charge in [0.05, 0.1) is 0 Å². The molecular weight excluding hydrogens is 255 g/mol. The predicted octanol–water partition coefficient (Wildman–Crippen LogP) is 2.85. The average molecular weight is 264 g/mol. The highest BCUT2D eigenvalue weighted by Gasteiger charge is 2.02. The van der Waals surface area contributed by atoms with Crippen molar-refractivity contribution in [3.8, 4) is 0 Å². The predicted molar refractivity (Wildman–Crippen MR) is 55.9 cm³/mol. The molecule has 0 aliphatic carbocycles. The van der Waals surface area contributed by atoms with Crippen molar-refractivity contribution >= 4 is 39.3 Å². The van der Waals surface area contributed by atoms with Crippen molar-refractivity contribution < 1.29 is 4.79 Å². The summed E-state index contributed by atoms with van der Waals surface area (Å²) in [7, 11) is 0. The Morgan fingerprint density at radius 3 is 2.92 bits per heavy atom. The molecule has 1 heterocycles. The zero-order valence-electron chi connectivity index (χ0n) is 6.97. The van der Waals surface area contributed by atoms with Crippen LogP contribution in [-0.2, 0) is 4.79 Å². The van der Waals surface area contributed by atoms with Crippen LogP contribution < -0.4 is 5.32 Å². The fraction of sp³-hybridized carbons (Fsp3) is 0.250. The number of carbonyl (C=O) groups excluding carboxylic acids is 1. The van der Waals surface area contributed by atoms with E-state index < -0.39 is 0 Å². The molecule has 5 heteroatoms. The van der Waals surface area contributed by atoms with Gasteiger partial charge < -0.3 is 5.32 Å². The van der Waals surface area contributed by atoms with Crippen LogP contribution in [0.1, 0.15) is 13.3 Å². The van der Waals surface area contributed by atoms with Crippen LogP contribution in [0.5, 0.6) is 0 Å². The molecule has 0 spiro atoms. The Balaban J connectivity index is 2.83. The first kappa shape index (κ1) is 10.5. The first-order valence-electron chi connectivity index (χ1n) is 3.74. The van der Waals surface area contributed by atoms with Gasteiger partial charge >= 0.3 is 0 Å². The number of aromatic nitrogens is 1. The van der Waals surface area contributed by atoms with Gasteiger partial charge in [0.2, 0.25) is 5.91 Å². The maximum atomic E-state index is 11.0. The molecule has 1 N–H and O–H groups in total. The number of pyridine rings is 1. The summed E-state index contributed by atoms with van der Waals surface area (Å²) < 4.78 is 0.603. The number of nitrogens with zero attached hydrogens (tertiary/aromatic N) is 1. The normalized spacial score (nSPS) is 9.77. The van der Waals surface area contributed by atoms with Gasteiger partial charge in [-0.15, -0.1) is 0 Å². The largest absolute Gasteiger partial charge is 0.311 e. The van der Waals surface area contributed by atoms with Gasteiger partial charge in [-0.3, -0.25) is 4.79 Å². The molecule has 3 nitrogen and oxygen atoms in total. The smallest absolute Gasteiger partial charge is 0.225 e. The number of carbonyl (C=O) groups is 1. The number of hydrogen-bond donors (Lipinski definition) is 1. The minimum Gasteiger partial charge on any atom is -0.311 e. The van der Waals surface area contributed by atoms with Crippen LogP contribution in [0.2, 0.25) is 5.02 Å². The van der Waals surface area contributed by atoms with E-state index in [-0.39, 0.29) is 5.91 Å². The highest BCUT2D eigenvalue weighted by Crippen LogP contribution is 2.18. The van der Waals surface area contributed by atoms with E-state index in [0.29, 0.717) is 21.9 Å². The molecule has 0 aliphatic heterocycles. The minimum absolute atomic E-state index is 0.0818. The molecule has 0 radical (unpaired) electrons. The topological polar surface area (TPSA) is 42.0 Å². The van der Waals surface area contributed by atoms with E-state index in [1.807, 2.05) is 0 Å². The molecule has 1 aromatic rings. The molecule has 0 bridgehead atoms. The summed E-state index contributed by atoms with van der Waals surface area (Å²) in [6.07, 6.45) is 0.422. The third-order valence-electron chi connectivity index (χ3n) is 1.35. The van der Waals surface area contributed by atoms with Crippen molar-refractivity contribution in [1.29, 1.82) is 0 Å². The van der Waals surface area contributed by atoms with Crippen molar-refractivity contribution in [3.63, 3.8) is 0 Å². The van der Waals surface area contributed by atoms with E-state index in [2.05, 4.69) is 26.2 Å². The van der Waals surface area contributed by atoms with Crippen LogP contribution in [-0.4, -0.2) is 10.9 Å². The van der Waals surface area contributed by atoms with E-state index in [9.17, 15) is 4.79 Å². The second-order valence-corrected chi connectivity index (χ2v) is 3.64. The molecule has 1 amide bonds. The lowest BCUT2D eigenvalue weighted by atomic mass is 10.4. The Kier molecular flexibility index (Phi) is 3.69. The van der Waals surface area contributed by atoms with E-state index >= 15 is 0 Å². The van der Waals surface area contributed by atoms with E-state index in [1.54, 1.807) is 19.1 Å². The molecule has 0 saturated heterocycles. The molecule has 1 rings (SSSR count). The lowest BCUT2D eigenvalue weighted by molar-refractivity contribution is -0.115. The second kappa shape index (κ2) is 4.58. The SMILES string of the molecule is CCC(=O)Nc1cc(Cl)cc(Br)n1. The highest BCUT2D eigenvalue weighted by molar-refractivity contribution is 9.10. The summed E-state index contributed by atoms with van der Waals surface area (Å²) in [5.74, 6) is 0.382. The summed E-state index contributed by atoms with van der Waals surface area (Å²) >= 11 is 8.93. The van der Waals surface area contributed by atoms with Crippen LogP contribution in [0.15, 0.2) is 16.7 Å². The van der Waals surface area contributed by atoms with Crippen molar-refractivity contribution in [2.75, 3.05) is 5.32 Å². The van der Waals surface area contributed by atoms with Crippen molar-refractivity contribution in [2.24, 2.45) is 0 Å². The molecule has 0 aromatic carbocycles. The van der Waals surface area contributed by atoms with Crippen LogP contribution in [0.4, 0.5) is 5.82 Å². The molecular formula is C8H8BrClN2O. The summed E-state index contributed by atoms with van der Waals surface area (Å²) in [5, 5.41) is 3.14. The van der Waals surface area contributed by atoms with Crippen molar-refractivity contribution in [2.45, 2.75) is 13.3 Å². The fourth-order valence-electron chi connectivity index (χ4n) is 0.761. The van der Waals surface area contributed by atoms with Crippen LogP contribution in [0.3, 0.4) is 0 Å². The number of halogens is 2. The standard InChI is InChI=1S/C8H8BrClN2O/c1-2-8(13)12-7-4-5(10)3-6(9)11-7/h3-4H,2H2,1H3,(H,11,12,13). The molecule has 13 heavy (non-hydrogen) atoms. The Hall–Kier alpha value is -0.610. The van der Waals surface area contributed by atoms with Crippen LogP contribution >= 0.6 is 27.5 Å². The number of anilines is 1. The average Bonchev–Trinajstić information content (AvgIpc) is 2.02. The van der Waals surface area contributed by atoms with Gasteiger partial charge in [-0.1, -0.05) is 18.5 Å². The summed E-state index contributed by atoms with van der Waals surface area (Å²) in [6.45, 7) is 1.77. The molecule has 70 valence electrons. The number of hydrogen-bond acceptors (Lipinski definition) is 2. The summed E-state index contributed by atoms with van der Waals surface area (Å²) in [4.78, 5) is 15.0. The lowest BCUT2D eigenvalue weighted by Gasteiger charge is -2.02. The monoisotopic (exact) mass is 262 g/mol. The number of nitrogens with one attached hydrogen (secondary N) is 1. The Morgan fingerprint density at radius 2 is 2.38 bits per heavy atom. The van der Waals surface area contributed by atoms with E-state index in [4.69, 9.17) is 11.6 Å². The maximum absolute atomic E-state index is 11.0. The van der Waals surface area contributed by atoms with E-state index in [1.165, 1.54) is 0 Å². The summed E-state index contributed by atoms with van der Waals surface area (Å²) in [5.41, 5.74) is 0. The van der Waals surface area contributed by atoms with Crippen molar-refractivity contribution in [1.82, 2.24) is 4.98 Å². The molecule has 0 unspecified atom stereocenters. The lowest BCUT2D eigenvalue weighted by Crippen LogP contribution is -2.10. The fourth-order valence-corrected chi connectivity index (χ4v) is 1.54. The third kappa shape index (κ3) is 3.32. The zero-order chi connectivity index (χ0) is 9.84. The van der Waals surface area contributed by atoms with Gasteiger partial charge in [0.1, 0.15) is 10.4 Å². The minimum atomic E-state index is -0.0818. The van der Waals surface area contributed by atoms with Gasteiger partial charge in [0.25, 0.3) is 0 Å². The third-order valence-corrected chi connectivity index (χ3v) is 1.97. The number of amides is 1. The molecule has 1 aromatic heterocycles. The van der Waals surface area contributed by atoms with Gasteiger partial charge in [0, 0.05) is 11.4 Å². The summed E-state index contributed by atoms with van der Waals surface area (Å²) in [6, 6.07) is 3.25. The quantitative estimate of drug-likeness (QED) is 0.834. The Labute approximate surface area is 89.6 Å². The Bertz CT molecular complexity index is 310. The van der Waals surface area contributed by atoms with Gasteiger partial charge in [-0.2, -0.15) is 0 Å². The molecule has 0 fully saturated rings. The zero-order valence-corrected chi connectivity index (χ0v) is 9.32. The van der Waals surface area contributed by atoms with Crippen LogP contribution in [0, 0.1) is 0 Å². The van der Waals surface area contributed by atoms with Gasteiger partial charge in [-0.05, 0) is 28.1 Å². The van der Waals surface area contributed by atoms with Crippen LogP contribution in [0.25, 0.3) is 0 Å². The molecule has 0 saturated carbocycles. The van der Waals surface area contributed by atoms with Gasteiger partial charge in [0.15, 0.2) is 0 Å². The first-order valence-corrected chi connectivity index (χ1v) is 4.92. The van der Waals surface area contributed by atoms with Gasteiger partial charge in [-0.25, -0.2) is 4.98 Å². The second-order valence-electron chi connectivity index (χ2n) is 2.40. The number of rotatable bonds is 2. The van der Waals surface area contributed by atoms with Crippen molar-refractivity contribution in [3.05, 3.63) is 21.8 Å². The molecule has 0 atom stereocenters.